The molecule has 0 spiro atoms. The molecule has 2 aliphatic carbocycles. The molecule has 1 atom stereocenters. The van der Waals surface area contributed by atoms with Crippen molar-refractivity contribution in [3.8, 4) is 0 Å². The van der Waals surface area contributed by atoms with Crippen LogP contribution in [-0.2, 0) is 4.79 Å². The lowest BCUT2D eigenvalue weighted by Crippen LogP contribution is -2.42. The predicted octanol–water partition coefficient (Wildman–Crippen LogP) is 2.55. The minimum atomic E-state index is -1.63. The first-order valence-electron chi connectivity index (χ1n) is 9.20. The van der Waals surface area contributed by atoms with Gasteiger partial charge in [0.05, 0.1) is 0 Å². The molecule has 26 heavy (non-hydrogen) atoms. The van der Waals surface area contributed by atoms with Crippen LogP contribution >= 0.6 is 0 Å². The van der Waals surface area contributed by atoms with E-state index in [1.165, 1.54) is 6.08 Å². The van der Waals surface area contributed by atoms with Crippen molar-refractivity contribution in [2.24, 2.45) is 11.7 Å². The summed E-state index contributed by atoms with van der Waals surface area (Å²) in [7, 11) is 0. The summed E-state index contributed by atoms with van der Waals surface area (Å²) < 4.78 is 0. The van der Waals surface area contributed by atoms with Gasteiger partial charge in [-0.05, 0) is 60.9 Å². The molecule has 0 saturated heterocycles. The molecular formula is C21H26N2O3. The van der Waals surface area contributed by atoms with Gasteiger partial charge in [-0.3, -0.25) is 9.59 Å². The van der Waals surface area contributed by atoms with E-state index in [1.807, 2.05) is 18.2 Å². The summed E-state index contributed by atoms with van der Waals surface area (Å²) >= 11 is 0. The first-order chi connectivity index (χ1) is 12.4. The molecule has 0 radical (unpaired) electrons. The standard InChI is InChI=1S/C21H26N2O3/c1-14-5-7-18(8-6-14)23-19(24)17-4-2-3-16(13-17)15-9-11-21(26,12-10-15)20(22)25/h2-4,9-11,13-14,18,26H,5-8,12H2,1H3,(H2,22,25)(H,23,24). The van der Waals surface area contributed by atoms with Gasteiger partial charge in [-0.2, -0.15) is 0 Å². The number of nitrogens with two attached hydrogens (primary N) is 1. The van der Waals surface area contributed by atoms with Crippen molar-refractivity contribution in [3.63, 3.8) is 0 Å². The minimum absolute atomic E-state index is 0.0552. The molecule has 5 nitrogen and oxygen atoms in total. The lowest BCUT2D eigenvalue weighted by molar-refractivity contribution is -0.131. The fourth-order valence-electron chi connectivity index (χ4n) is 3.54. The summed E-state index contributed by atoms with van der Waals surface area (Å²) in [4.78, 5) is 23.9. The van der Waals surface area contributed by atoms with E-state index in [0.29, 0.717) is 5.56 Å². The van der Waals surface area contributed by atoms with E-state index in [-0.39, 0.29) is 18.4 Å². The number of amides is 2. The Bertz CT molecular complexity index is 760. The second-order valence-corrected chi connectivity index (χ2v) is 7.50. The number of primary amides is 1. The summed E-state index contributed by atoms with van der Waals surface area (Å²) in [6.45, 7) is 2.26. The van der Waals surface area contributed by atoms with Gasteiger partial charge >= 0.3 is 0 Å². The fourth-order valence-corrected chi connectivity index (χ4v) is 3.54. The third kappa shape index (κ3) is 4.05. The highest BCUT2D eigenvalue weighted by Crippen LogP contribution is 2.28. The highest BCUT2D eigenvalue weighted by atomic mass is 16.3. The van der Waals surface area contributed by atoms with Crippen molar-refractivity contribution < 1.29 is 14.7 Å². The van der Waals surface area contributed by atoms with Crippen molar-refractivity contribution in [3.05, 3.63) is 53.6 Å². The third-order valence-electron chi connectivity index (χ3n) is 5.41. The fraction of sp³-hybridized carbons (Fsp3) is 0.429. The molecule has 2 amide bonds. The predicted molar refractivity (Wildman–Crippen MR) is 101 cm³/mol. The second-order valence-electron chi connectivity index (χ2n) is 7.50. The first kappa shape index (κ1) is 18.4. The molecule has 2 aliphatic rings. The van der Waals surface area contributed by atoms with Gasteiger partial charge < -0.3 is 16.2 Å². The Morgan fingerprint density at radius 3 is 2.58 bits per heavy atom. The monoisotopic (exact) mass is 354 g/mol. The van der Waals surface area contributed by atoms with E-state index in [9.17, 15) is 14.7 Å². The second kappa shape index (κ2) is 7.46. The molecule has 3 rings (SSSR count). The van der Waals surface area contributed by atoms with Crippen LogP contribution in [-0.4, -0.2) is 28.6 Å². The molecule has 0 heterocycles. The van der Waals surface area contributed by atoms with E-state index in [2.05, 4.69) is 12.2 Å². The maximum Gasteiger partial charge on any atom is 0.253 e. The van der Waals surface area contributed by atoms with Gasteiger partial charge in [0.25, 0.3) is 11.8 Å². The highest BCUT2D eigenvalue weighted by molar-refractivity contribution is 5.96. The summed E-state index contributed by atoms with van der Waals surface area (Å²) in [5.41, 5.74) is 5.94. The van der Waals surface area contributed by atoms with E-state index < -0.39 is 11.5 Å². The zero-order valence-electron chi connectivity index (χ0n) is 15.1. The van der Waals surface area contributed by atoms with E-state index >= 15 is 0 Å². The Labute approximate surface area is 154 Å². The molecule has 0 aromatic heterocycles. The van der Waals surface area contributed by atoms with Gasteiger partial charge in [0.15, 0.2) is 5.60 Å². The average Bonchev–Trinajstić information content (AvgIpc) is 2.64. The van der Waals surface area contributed by atoms with E-state index in [4.69, 9.17) is 5.73 Å². The molecular weight excluding hydrogens is 328 g/mol. The smallest absolute Gasteiger partial charge is 0.253 e. The van der Waals surface area contributed by atoms with Gasteiger partial charge in [-0.15, -0.1) is 0 Å². The minimum Gasteiger partial charge on any atom is -0.376 e. The largest absolute Gasteiger partial charge is 0.376 e. The van der Waals surface area contributed by atoms with Crippen LogP contribution in [0.4, 0.5) is 0 Å². The van der Waals surface area contributed by atoms with Crippen LogP contribution in [0.25, 0.3) is 5.57 Å². The van der Waals surface area contributed by atoms with Gasteiger partial charge in [0.2, 0.25) is 0 Å². The SMILES string of the molecule is CC1CCC(NC(=O)c2cccc(C3=CCC(O)(C(N)=O)C=C3)c2)CC1. The third-order valence-corrected chi connectivity index (χ3v) is 5.41. The van der Waals surface area contributed by atoms with E-state index in [1.54, 1.807) is 18.2 Å². The number of aliphatic hydroxyl groups is 1. The normalized spacial score (nSPS) is 28.3. The Morgan fingerprint density at radius 2 is 1.96 bits per heavy atom. The molecule has 1 fully saturated rings. The van der Waals surface area contributed by atoms with Gasteiger partial charge in [0.1, 0.15) is 0 Å². The number of nitrogens with one attached hydrogen (secondary N) is 1. The maximum absolute atomic E-state index is 12.6. The van der Waals surface area contributed by atoms with Crippen molar-refractivity contribution in [2.75, 3.05) is 0 Å². The molecule has 4 N–H and O–H groups in total. The van der Waals surface area contributed by atoms with Crippen LogP contribution in [0.5, 0.6) is 0 Å². The molecule has 138 valence electrons. The number of benzene rings is 1. The Morgan fingerprint density at radius 1 is 1.23 bits per heavy atom. The summed E-state index contributed by atoms with van der Waals surface area (Å²) in [5, 5.41) is 13.2. The lowest BCUT2D eigenvalue weighted by Gasteiger charge is -2.27. The molecule has 1 saturated carbocycles. The Hall–Kier alpha value is -2.40. The average molecular weight is 354 g/mol. The first-order valence-corrected chi connectivity index (χ1v) is 9.20. The molecule has 0 aliphatic heterocycles. The van der Waals surface area contributed by atoms with E-state index in [0.717, 1.165) is 42.7 Å². The Kier molecular flexibility index (Phi) is 5.28. The topological polar surface area (TPSA) is 92.4 Å². The number of rotatable bonds is 4. The highest BCUT2D eigenvalue weighted by Gasteiger charge is 2.31. The number of carbonyl (C=O) groups excluding carboxylic acids is 2. The maximum atomic E-state index is 12.6. The molecule has 5 heteroatoms. The summed E-state index contributed by atoms with van der Waals surface area (Å²) in [6.07, 6.45) is 9.37. The summed E-state index contributed by atoms with van der Waals surface area (Å²) in [6, 6.07) is 7.64. The number of hydrogen-bond donors (Lipinski definition) is 3. The number of hydrogen-bond acceptors (Lipinski definition) is 3. The summed E-state index contributed by atoms with van der Waals surface area (Å²) in [5.74, 6) is -0.0741. The molecule has 1 unspecified atom stereocenters. The van der Waals surface area contributed by atoms with Crippen molar-refractivity contribution in [1.29, 1.82) is 0 Å². The van der Waals surface area contributed by atoms with Gasteiger partial charge in [-0.25, -0.2) is 0 Å². The van der Waals surface area contributed by atoms with Crippen molar-refractivity contribution in [2.45, 2.75) is 50.7 Å². The Balaban J connectivity index is 1.69. The van der Waals surface area contributed by atoms with Crippen LogP contribution in [0.2, 0.25) is 0 Å². The van der Waals surface area contributed by atoms with Crippen LogP contribution in [0, 0.1) is 5.92 Å². The van der Waals surface area contributed by atoms with Crippen molar-refractivity contribution in [1.82, 2.24) is 5.32 Å². The van der Waals surface area contributed by atoms with Crippen LogP contribution < -0.4 is 11.1 Å². The zero-order chi connectivity index (χ0) is 18.7. The van der Waals surface area contributed by atoms with Gasteiger partial charge in [-0.1, -0.05) is 31.2 Å². The van der Waals surface area contributed by atoms with Crippen LogP contribution in [0.15, 0.2) is 42.5 Å². The quantitative estimate of drug-likeness (QED) is 0.776. The number of carbonyl (C=O) groups is 2. The van der Waals surface area contributed by atoms with Crippen molar-refractivity contribution >= 4 is 17.4 Å². The zero-order valence-corrected chi connectivity index (χ0v) is 15.1. The molecule has 1 aromatic rings. The van der Waals surface area contributed by atoms with Crippen LogP contribution in [0.1, 0.15) is 54.9 Å². The lowest BCUT2D eigenvalue weighted by atomic mass is 9.87. The van der Waals surface area contributed by atoms with Gasteiger partial charge in [0, 0.05) is 18.0 Å². The number of allylic oxidation sites excluding steroid dienone is 2. The molecule has 0 bridgehead atoms. The van der Waals surface area contributed by atoms with Crippen LogP contribution in [0.3, 0.4) is 0 Å². The molecule has 1 aromatic carbocycles.